The van der Waals surface area contributed by atoms with Gasteiger partial charge in [-0.2, -0.15) is 0 Å². The highest BCUT2D eigenvalue weighted by molar-refractivity contribution is 7.92. The average molecular weight is 474 g/mol. The number of nitrogens with one attached hydrogen (secondary N) is 2. The number of ether oxygens (including phenoxy) is 1. The van der Waals surface area contributed by atoms with Gasteiger partial charge in [0.15, 0.2) is 0 Å². The summed E-state index contributed by atoms with van der Waals surface area (Å²) in [6, 6.07) is 12.7. The molecule has 1 unspecified atom stereocenters. The Kier molecular flexibility index (Phi) is 7.14. The summed E-state index contributed by atoms with van der Waals surface area (Å²) in [5.74, 6) is -0.267. The van der Waals surface area contributed by atoms with E-state index in [2.05, 4.69) is 36.9 Å². The minimum Gasteiger partial charge on any atom is -0.376 e. The van der Waals surface area contributed by atoms with Gasteiger partial charge in [-0.15, -0.1) is 0 Å². The van der Waals surface area contributed by atoms with Crippen LogP contribution in [0.25, 0.3) is 0 Å². The lowest BCUT2D eigenvalue weighted by Crippen LogP contribution is -2.49. The van der Waals surface area contributed by atoms with E-state index >= 15 is 0 Å². The Labute approximate surface area is 195 Å². The first-order chi connectivity index (χ1) is 15.4. The summed E-state index contributed by atoms with van der Waals surface area (Å²) in [6.45, 7) is 6.66. The molecule has 33 heavy (non-hydrogen) atoms. The quantitative estimate of drug-likeness (QED) is 0.638. The molecule has 0 bridgehead atoms. The molecular weight excluding hydrogens is 442 g/mol. The van der Waals surface area contributed by atoms with Crippen molar-refractivity contribution in [1.29, 1.82) is 0 Å². The SMILES string of the molecule is COC(Cc1cc(N2CCC(=O)NC2=O)cc(C(C)(C)C)c1)c1ccc(NS(C)(=O)=O)cc1. The van der Waals surface area contributed by atoms with Crippen LogP contribution in [-0.4, -0.2) is 40.3 Å². The van der Waals surface area contributed by atoms with Crippen molar-refractivity contribution in [1.82, 2.24) is 5.32 Å². The number of sulfonamides is 1. The van der Waals surface area contributed by atoms with Gasteiger partial charge in [-0.05, 0) is 46.4 Å². The first-order valence-electron chi connectivity index (χ1n) is 10.7. The molecule has 1 atom stereocenters. The summed E-state index contributed by atoms with van der Waals surface area (Å²) in [4.78, 5) is 25.6. The van der Waals surface area contributed by atoms with Crippen LogP contribution in [0.4, 0.5) is 16.2 Å². The third-order valence-electron chi connectivity index (χ3n) is 5.50. The monoisotopic (exact) mass is 473 g/mol. The minimum absolute atomic E-state index is 0.144. The number of benzene rings is 2. The first kappa shape index (κ1) is 24.7. The molecule has 9 heteroatoms. The second-order valence-electron chi connectivity index (χ2n) is 9.32. The van der Waals surface area contributed by atoms with Gasteiger partial charge in [0.1, 0.15) is 0 Å². The van der Waals surface area contributed by atoms with Gasteiger partial charge in [0, 0.05) is 37.9 Å². The molecule has 0 aliphatic carbocycles. The van der Waals surface area contributed by atoms with E-state index in [1.165, 1.54) is 0 Å². The van der Waals surface area contributed by atoms with E-state index in [1.54, 1.807) is 24.1 Å². The Balaban J connectivity index is 1.90. The zero-order valence-electron chi connectivity index (χ0n) is 19.6. The lowest BCUT2D eigenvalue weighted by atomic mass is 9.84. The molecule has 3 rings (SSSR count). The van der Waals surface area contributed by atoms with E-state index < -0.39 is 16.1 Å². The van der Waals surface area contributed by atoms with Crippen molar-refractivity contribution in [3.05, 3.63) is 59.2 Å². The van der Waals surface area contributed by atoms with Crippen LogP contribution in [0.3, 0.4) is 0 Å². The first-order valence-corrected chi connectivity index (χ1v) is 12.6. The fraction of sp³-hybridized carbons (Fsp3) is 0.417. The minimum atomic E-state index is -3.35. The molecule has 2 aromatic rings. The molecule has 0 radical (unpaired) electrons. The lowest BCUT2D eigenvalue weighted by molar-refractivity contribution is -0.120. The Hall–Kier alpha value is -2.91. The Morgan fingerprint density at radius 2 is 1.79 bits per heavy atom. The van der Waals surface area contributed by atoms with Crippen LogP contribution >= 0.6 is 0 Å². The molecule has 0 aromatic heterocycles. The van der Waals surface area contributed by atoms with E-state index in [1.807, 2.05) is 24.3 Å². The summed E-state index contributed by atoms with van der Waals surface area (Å²) in [7, 11) is -1.72. The fourth-order valence-corrected chi connectivity index (χ4v) is 4.29. The third-order valence-corrected chi connectivity index (χ3v) is 6.11. The van der Waals surface area contributed by atoms with Gasteiger partial charge in [-0.3, -0.25) is 19.7 Å². The molecule has 0 saturated carbocycles. The van der Waals surface area contributed by atoms with Crippen molar-refractivity contribution in [2.75, 3.05) is 29.5 Å². The molecule has 1 aliphatic heterocycles. The maximum Gasteiger partial charge on any atom is 0.328 e. The molecule has 1 saturated heterocycles. The average Bonchev–Trinajstić information content (AvgIpc) is 2.70. The molecule has 1 aliphatic rings. The van der Waals surface area contributed by atoms with Gasteiger partial charge in [0.2, 0.25) is 15.9 Å². The van der Waals surface area contributed by atoms with E-state index in [-0.39, 0.29) is 23.8 Å². The Morgan fingerprint density at radius 3 is 2.33 bits per heavy atom. The van der Waals surface area contributed by atoms with Crippen LogP contribution in [-0.2, 0) is 31.4 Å². The second kappa shape index (κ2) is 9.52. The number of carbonyl (C=O) groups is 2. The van der Waals surface area contributed by atoms with Gasteiger partial charge < -0.3 is 4.74 Å². The van der Waals surface area contributed by atoms with Crippen LogP contribution in [0, 0.1) is 0 Å². The van der Waals surface area contributed by atoms with Crippen molar-refractivity contribution in [3.63, 3.8) is 0 Å². The molecule has 3 amide bonds. The van der Waals surface area contributed by atoms with Crippen molar-refractivity contribution in [2.45, 2.75) is 45.1 Å². The lowest BCUT2D eigenvalue weighted by Gasteiger charge is -2.29. The predicted molar refractivity (Wildman–Crippen MR) is 129 cm³/mol. The molecule has 178 valence electrons. The largest absolute Gasteiger partial charge is 0.376 e. The highest BCUT2D eigenvalue weighted by atomic mass is 32.2. The van der Waals surface area contributed by atoms with Gasteiger partial charge in [-0.25, -0.2) is 13.2 Å². The topological polar surface area (TPSA) is 105 Å². The summed E-state index contributed by atoms with van der Waals surface area (Å²) in [5, 5.41) is 2.38. The van der Waals surface area contributed by atoms with Gasteiger partial charge >= 0.3 is 6.03 Å². The van der Waals surface area contributed by atoms with Crippen molar-refractivity contribution >= 4 is 33.3 Å². The Bertz CT molecular complexity index is 1140. The molecule has 2 N–H and O–H groups in total. The van der Waals surface area contributed by atoms with E-state index in [0.717, 1.165) is 28.6 Å². The number of amides is 3. The van der Waals surface area contributed by atoms with Crippen LogP contribution < -0.4 is 14.9 Å². The van der Waals surface area contributed by atoms with E-state index in [0.29, 0.717) is 18.7 Å². The predicted octanol–water partition coefficient (Wildman–Crippen LogP) is 3.73. The van der Waals surface area contributed by atoms with E-state index in [4.69, 9.17) is 4.74 Å². The smallest absolute Gasteiger partial charge is 0.328 e. The number of hydrogen-bond donors (Lipinski definition) is 2. The number of methoxy groups -OCH3 is 1. The van der Waals surface area contributed by atoms with E-state index in [9.17, 15) is 18.0 Å². The number of imide groups is 1. The summed E-state index contributed by atoms with van der Waals surface area (Å²) in [6.07, 6.45) is 1.66. The summed E-state index contributed by atoms with van der Waals surface area (Å²) in [5.41, 5.74) is 4.05. The normalized spacial score (nSPS) is 15.8. The number of rotatable bonds is 7. The highest BCUT2D eigenvalue weighted by Crippen LogP contribution is 2.32. The summed E-state index contributed by atoms with van der Waals surface area (Å²) < 4.78 is 31.1. The maximum atomic E-state index is 12.4. The van der Waals surface area contributed by atoms with Gasteiger partial charge in [0.25, 0.3) is 0 Å². The maximum absolute atomic E-state index is 12.4. The number of anilines is 2. The number of hydrogen-bond acceptors (Lipinski definition) is 5. The number of carbonyl (C=O) groups excluding carboxylic acids is 2. The zero-order chi connectivity index (χ0) is 24.4. The van der Waals surface area contributed by atoms with Crippen molar-refractivity contribution in [2.24, 2.45) is 0 Å². The molecular formula is C24H31N3O5S. The molecule has 8 nitrogen and oxygen atoms in total. The van der Waals surface area contributed by atoms with Crippen molar-refractivity contribution in [3.8, 4) is 0 Å². The van der Waals surface area contributed by atoms with Crippen LogP contribution in [0.15, 0.2) is 42.5 Å². The van der Waals surface area contributed by atoms with Crippen molar-refractivity contribution < 1.29 is 22.7 Å². The molecule has 0 spiro atoms. The fourth-order valence-electron chi connectivity index (χ4n) is 3.72. The molecule has 1 fully saturated rings. The highest BCUT2D eigenvalue weighted by Gasteiger charge is 2.26. The standard InChI is InChI=1S/C24H31N3O5S/c1-24(2,3)18-12-16(13-20(15-18)27-11-10-22(28)25-23(27)29)14-21(32-4)17-6-8-19(9-7-17)26-33(5,30)31/h6-9,12-13,15,21,26H,10-11,14H2,1-5H3,(H,25,28,29). The third kappa shape index (κ3) is 6.55. The molecule has 1 heterocycles. The second-order valence-corrected chi connectivity index (χ2v) is 11.1. The van der Waals surface area contributed by atoms with Crippen LogP contribution in [0.5, 0.6) is 0 Å². The van der Waals surface area contributed by atoms with Crippen LogP contribution in [0.2, 0.25) is 0 Å². The summed E-state index contributed by atoms with van der Waals surface area (Å²) >= 11 is 0. The molecule has 2 aromatic carbocycles. The number of urea groups is 1. The van der Waals surface area contributed by atoms with Crippen LogP contribution in [0.1, 0.15) is 50.0 Å². The zero-order valence-corrected chi connectivity index (χ0v) is 20.5. The Morgan fingerprint density at radius 1 is 1.12 bits per heavy atom. The van der Waals surface area contributed by atoms with Gasteiger partial charge in [0.05, 0.1) is 12.4 Å². The van der Waals surface area contributed by atoms with Gasteiger partial charge in [-0.1, -0.05) is 39.0 Å². The number of nitrogens with zero attached hydrogens (tertiary/aromatic N) is 1.